The van der Waals surface area contributed by atoms with Gasteiger partial charge in [0.25, 0.3) is 0 Å². The number of guanidine groups is 1. The van der Waals surface area contributed by atoms with Crippen LogP contribution in [0.15, 0.2) is 4.99 Å². The number of nitrogens with one attached hydrogen (secondary N) is 1. The van der Waals surface area contributed by atoms with Gasteiger partial charge in [-0.15, -0.1) is 24.0 Å². The Morgan fingerprint density at radius 2 is 1.83 bits per heavy atom. The molecule has 0 amide bonds. The van der Waals surface area contributed by atoms with Crippen molar-refractivity contribution in [2.24, 2.45) is 16.3 Å². The molecule has 4 nitrogen and oxygen atoms in total. The molecule has 2 aliphatic rings. The topological polar surface area (TPSA) is 30.9 Å². The largest absolute Gasteiger partial charge is 0.356 e. The van der Waals surface area contributed by atoms with Crippen LogP contribution in [0, 0.1) is 11.3 Å². The summed E-state index contributed by atoms with van der Waals surface area (Å²) in [5.41, 5.74) is 0.429. The van der Waals surface area contributed by atoms with E-state index in [1.165, 1.54) is 64.7 Å². The molecule has 2 fully saturated rings. The summed E-state index contributed by atoms with van der Waals surface area (Å²) in [5, 5.41) is 3.57. The number of halogens is 1. The summed E-state index contributed by atoms with van der Waals surface area (Å²) in [6.07, 6.45) is 8.01. The smallest absolute Gasteiger partial charge is 0.193 e. The summed E-state index contributed by atoms with van der Waals surface area (Å²) < 4.78 is 0. The van der Waals surface area contributed by atoms with Crippen molar-refractivity contribution >= 4 is 29.9 Å². The van der Waals surface area contributed by atoms with Gasteiger partial charge in [0.2, 0.25) is 0 Å². The van der Waals surface area contributed by atoms with Crippen molar-refractivity contribution in [3.63, 3.8) is 0 Å². The highest BCUT2D eigenvalue weighted by atomic mass is 127. The molecule has 1 atom stereocenters. The molecule has 2 heterocycles. The van der Waals surface area contributed by atoms with Crippen molar-refractivity contribution in [1.82, 2.24) is 15.1 Å². The quantitative estimate of drug-likeness (QED) is 0.299. The predicted octanol–water partition coefficient (Wildman–Crippen LogP) is 3.81. The van der Waals surface area contributed by atoms with Gasteiger partial charge in [-0.2, -0.15) is 0 Å². The highest BCUT2D eigenvalue weighted by Crippen LogP contribution is 2.21. The summed E-state index contributed by atoms with van der Waals surface area (Å²) in [7, 11) is 1.92. The van der Waals surface area contributed by atoms with Crippen LogP contribution in [0.2, 0.25) is 0 Å². The highest BCUT2D eigenvalue weighted by molar-refractivity contribution is 14.0. The average Bonchev–Trinajstić information content (AvgIpc) is 2.95. The van der Waals surface area contributed by atoms with Gasteiger partial charge < -0.3 is 15.1 Å². The molecule has 0 spiro atoms. The van der Waals surface area contributed by atoms with E-state index in [-0.39, 0.29) is 24.0 Å². The van der Waals surface area contributed by atoms with E-state index in [0.29, 0.717) is 5.41 Å². The number of aliphatic imine (C=N–C) groups is 1. The number of likely N-dealkylation sites (tertiary alicyclic amines) is 2. The molecule has 1 unspecified atom stereocenters. The second-order valence-corrected chi connectivity index (χ2v) is 8.60. The highest BCUT2D eigenvalue weighted by Gasteiger charge is 2.26. The molecule has 0 aromatic carbocycles. The minimum absolute atomic E-state index is 0. The van der Waals surface area contributed by atoms with Crippen molar-refractivity contribution < 1.29 is 0 Å². The zero-order valence-corrected chi connectivity index (χ0v) is 18.6. The maximum absolute atomic E-state index is 4.50. The average molecular weight is 450 g/mol. The molecule has 2 rings (SSSR count). The molecule has 2 saturated heterocycles. The Morgan fingerprint density at radius 1 is 1.12 bits per heavy atom. The van der Waals surface area contributed by atoms with Crippen LogP contribution < -0.4 is 5.32 Å². The van der Waals surface area contributed by atoms with E-state index in [1.54, 1.807) is 0 Å². The van der Waals surface area contributed by atoms with Crippen molar-refractivity contribution in [1.29, 1.82) is 0 Å². The summed E-state index contributed by atoms with van der Waals surface area (Å²) >= 11 is 0. The molecule has 2 aliphatic heterocycles. The maximum Gasteiger partial charge on any atom is 0.193 e. The second-order valence-electron chi connectivity index (χ2n) is 8.60. The minimum Gasteiger partial charge on any atom is -0.356 e. The first kappa shape index (κ1) is 22.0. The van der Waals surface area contributed by atoms with Gasteiger partial charge in [0.1, 0.15) is 0 Å². The molecule has 142 valence electrons. The zero-order valence-electron chi connectivity index (χ0n) is 16.3. The summed E-state index contributed by atoms with van der Waals surface area (Å²) in [5.74, 6) is 1.93. The van der Waals surface area contributed by atoms with Crippen LogP contribution in [0.3, 0.4) is 0 Å². The molecule has 5 heteroatoms. The monoisotopic (exact) mass is 450 g/mol. The van der Waals surface area contributed by atoms with Gasteiger partial charge in [0.15, 0.2) is 5.96 Å². The van der Waals surface area contributed by atoms with Gasteiger partial charge in [0.05, 0.1) is 0 Å². The predicted molar refractivity (Wildman–Crippen MR) is 115 cm³/mol. The van der Waals surface area contributed by atoms with E-state index in [1.807, 2.05) is 7.05 Å². The standard InChI is InChI=1S/C19H38N4.HI/c1-19(2,3)10-8-11-21-18(20-4)23-14-9-17(16-23)15-22-12-6-5-7-13-22;/h17H,5-16H2,1-4H3,(H,20,21);1H. The molecule has 0 bridgehead atoms. The Labute approximate surface area is 166 Å². The first-order chi connectivity index (χ1) is 11.0. The molecule has 0 aromatic heterocycles. The third-order valence-electron chi connectivity index (χ3n) is 5.15. The molecule has 0 aliphatic carbocycles. The molecule has 1 N–H and O–H groups in total. The third kappa shape index (κ3) is 7.89. The van der Waals surface area contributed by atoms with Crippen molar-refractivity contribution in [2.75, 3.05) is 46.3 Å². The van der Waals surface area contributed by atoms with Crippen LogP contribution in [-0.2, 0) is 0 Å². The molecular weight excluding hydrogens is 411 g/mol. The maximum atomic E-state index is 4.50. The van der Waals surface area contributed by atoms with E-state index in [9.17, 15) is 0 Å². The second kappa shape index (κ2) is 10.8. The van der Waals surface area contributed by atoms with Gasteiger partial charge in [-0.05, 0) is 56.5 Å². The van der Waals surface area contributed by atoms with E-state index in [2.05, 4.69) is 40.9 Å². The Hall–Kier alpha value is -0.0400. The number of piperidine rings is 1. The van der Waals surface area contributed by atoms with E-state index in [0.717, 1.165) is 25.0 Å². The van der Waals surface area contributed by atoms with Crippen LogP contribution in [0.4, 0.5) is 0 Å². The fraction of sp³-hybridized carbons (Fsp3) is 0.947. The van der Waals surface area contributed by atoms with Crippen molar-refractivity contribution in [3.8, 4) is 0 Å². The molecule has 0 aromatic rings. The first-order valence-electron chi connectivity index (χ1n) is 9.66. The number of hydrogen-bond acceptors (Lipinski definition) is 2. The van der Waals surface area contributed by atoms with E-state index < -0.39 is 0 Å². The SMILES string of the molecule is CN=C(NCCCC(C)(C)C)N1CCC(CN2CCCCC2)C1.I. The summed E-state index contributed by atoms with van der Waals surface area (Å²) in [6.45, 7) is 14.2. The number of rotatable bonds is 5. The lowest BCUT2D eigenvalue weighted by molar-refractivity contribution is 0.198. The molecule has 0 radical (unpaired) electrons. The van der Waals surface area contributed by atoms with Gasteiger partial charge in [0, 0.05) is 33.2 Å². The lowest BCUT2D eigenvalue weighted by Gasteiger charge is -2.29. The Morgan fingerprint density at radius 3 is 2.46 bits per heavy atom. The lowest BCUT2D eigenvalue weighted by Crippen LogP contribution is -2.41. The summed E-state index contributed by atoms with van der Waals surface area (Å²) in [6, 6.07) is 0. The van der Waals surface area contributed by atoms with E-state index >= 15 is 0 Å². The molecule has 0 saturated carbocycles. The normalized spacial score (nSPS) is 23.2. The van der Waals surface area contributed by atoms with Crippen molar-refractivity contribution in [2.45, 2.75) is 59.3 Å². The Kier molecular flexibility index (Phi) is 9.94. The van der Waals surface area contributed by atoms with E-state index in [4.69, 9.17) is 0 Å². The Bertz CT molecular complexity index is 372. The number of hydrogen-bond donors (Lipinski definition) is 1. The lowest BCUT2D eigenvalue weighted by atomic mass is 9.91. The Balaban J connectivity index is 0.00000288. The van der Waals surface area contributed by atoms with Crippen LogP contribution in [0.25, 0.3) is 0 Å². The third-order valence-corrected chi connectivity index (χ3v) is 5.15. The van der Waals surface area contributed by atoms with Crippen LogP contribution in [0.5, 0.6) is 0 Å². The minimum atomic E-state index is 0. The molecular formula is C19H39IN4. The van der Waals surface area contributed by atoms with Crippen LogP contribution in [-0.4, -0.2) is 62.1 Å². The van der Waals surface area contributed by atoms with Crippen molar-refractivity contribution in [3.05, 3.63) is 0 Å². The molecule has 24 heavy (non-hydrogen) atoms. The number of nitrogens with zero attached hydrogens (tertiary/aromatic N) is 3. The van der Waals surface area contributed by atoms with Gasteiger partial charge >= 0.3 is 0 Å². The van der Waals surface area contributed by atoms with Gasteiger partial charge in [-0.25, -0.2) is 0 Å². The van der Waals surface area contributed by atoms with Crippen LogP contribution in [0.1, 0.15) is 59.3 Å². The summed E-state index contributed by atoms with van der Waals surface area (Å²) in [4.78, 5) is 9.64. The first-order valence-corrected chi connectivity index (χ1v) is 9.66. The fourth-order valence-electron chi connectivity index (χ4n) is 3.83. The van der Waals surface area contributed by atoms with Gasteiger partial charge in [-0.1, -0.05) is 27.2 Å². The van der Waals surface area contributed by atoms with Crippen LogP contribution >= 0.6 is 24.0 Å². The zero-order chi connectivity index (χ0) is 16.7. The fourth-order valence-corrected chi connectivity index (χ4v) is 3.83. The van der Waals surface area contributed by atoms with Gasteiger partial charge in [-0.3, -0.25) is 4.99 Å².